The Bertz CT molecular complexity index is 585. The van der Waals surface area contributed by atoms with Crippen molar-refractivity contribution in [2.75, 3.05) is 0 Å². The van der Waals surface area contributed by atoms with Gasteiger partial charge in [-0.3, -0.25) is 4.79 Å². The van der Waals surface area contributed by atoms with Crippen LogP contribution in [-0.2, 0) is 22.4 Å². The van der Waals surface area contributed by atoms with Crippen LogP contribution in [0.3, 0.4) is 0 Å². The Labute approximate surface area is 158 Å². The van der Waals surface area contributed by atoms with Gasteiger partial charge in [-0.25, -0.2) is 4.79 Å². The summed E-state index contributed by atoms with van der Waals surface area (Å²) in [5.74, 6) is -3.71. The number of rotatable bonds is 12. The highest BCUT2D eigenvalue weighted by molar-refractivity contribution is 5.86. The van der Waals surface area contributed by atoms with Crippen LogP contribution in [0.25, 0.3) is 0 Å². The van der Waals surface area contributed by atoms with Gasteiger partial charge in [0.15, 0.2) is 0 Å². The second kappa shape index (κ2) is 11.6. The molecule has 1 aromatic carbocycles. The molecule has 0 aliphatic rings. The minimum Gasteiger partial charge on any atom is -0.480 e. The number of unbranched alkanes of at least 4 members (excludes halogenated alkanes) is 5. The second-order valence-corrected chi connectivity index (χ2v) is 6.73. The number of carbonyl (C=O) groups excluding carboxylic acids is 1. The topological polar surface area (TPSA) is 66.4 Å². The van der Waals surface area contributed by atoms with Crippen molar-refractivity contribution in [3.63, 3.8) is 0 Å². The molecule has 7 heteroatoms. The Balaban J connectivity index is 2.42. The van der Waals surface area contributed by atoms with Crippen LogP contribution < -0.4 is 5.32 Å². The number of aliphatic carboxylic acids is 1. The Morgan fingerprint density at radius 2 is 1.48 bits per heavy atom. The van der Waals surface area contributed by atoms with Crippen molar-refractivity contribution in [1.29, 1.82) is 0 Å². The van der Waals surface area contributed by atoms with Crippen molar-refractivity contribution in [2.45, 2.75) is 76.9 Å². The Kier molecular flexibility index (Phi) is 9.89. The molecular weight excluding hydrogens is 359 g/mol. The molecule has 0 heterocycles. The molecule has 0 radical (unpaired) electrons. The smallest absolute Gasteiger partial charge is 0.471 e. The lowest BCUT2D eigenvalue weighted by molar-refractivity contribution is -0.175. The van der Waals surface area contributed by atoms with E-state index in [1.54, 1.807) is 0 Å². The maximum absolute atomic E-state index is 12.3. The number of alkyl halides is 3. The normalized spacial score (nSPS) is 12.6. The minimum absolute atomic E-state index is 0.103. The molecule has 1 amide bonds. The summed E-state index contributed by atoms with van der Waals surface area (Å²) in [5, 5.41) is 10.5. The van der Waals surface area contributed by atoms with Crippen molar-refractivity contribution in [1.82, 2.24) is 5.32 Å². The number of carboxylic acid groups (broad SMARTS) is 1. The van der Waals surface area contributed by atoms with Crippen molar-refractivity contribution >= 4 is 11.9 Å². The van der Waals surface area contributed by atoms with Gasteiger partial charge >= 0.3 is 18.1 Å². The van der Waals surface area contributed by atoms with Crippen LogP contribution in [0.5, 0.6) is 0 Å². The van der Waals surface area contributed by atoms with Gasteiger partial charge in [-0.1, -0.05) is 63.3 Å². The maximum atomic E-state index is 12.3. The minimum atomic E-state index is -5.09. The predicted octanol–water partition coefficient (Wildman–Crippen LogP) is 4.65. The zero-order valence-electron chi connectivity index (χ0n) is 15.6. The predicted molar refractivity (Wildman–Crippen MR) is 97.5 cm³/mol. The molecule has 27 heavy (non-hydrogen) atoms. The van der Waals surface area contributed by atoms with Crippen LogP contribution in [0, 0.1) is 0 Å². The number of halogens is 3. The number of benzene rings is 1. The molecule has 0 aliphatic carbocycles. The Morgan fingerprint density at radius 3 is 2.00 bits per heavy atom. The highest BCUT2D eigenvalue weighted by Gasteiger charge is 2.40. The molecule has 1 atom stereocenters. The van der Waals surface area contributed by atoms with E-state index in [0.29, 0.717) is 0 Å². The van der Waals surface area contributed by atoms with Gasteiger partial charge in [0, 0.05) is 0 Å². The van der Waals surface area contributed by atoms with Crippen LogP contribution in [0.2, 0.25) is 0 Å². The van der Waals surface area contributed by atoms with Gasteiger partial charge in [0.2, 0.25) is 0 Å². The van der Waals surface area contributed by atoms with Crippen molar-refractivity contribution < 1.29 is 27.9 Å². The third-order valence-corrected chi connectivity index (χ3v) is 4.42. The fourth-order valence-electron chi connectivity index (χ4n) is 2.79. The zero-order valence-corrected chi connectivity index (χ0v) is 15.6. The molecule has 0 aliphatic heterocycles. The summed E-state index contributed by atoms with van der Waals surface area (Å²) in [4.78, 5) is 22.0. The van der Waals surface area contributed by atoms with E-state index >= 15 is 0 Å². The van der Waals surface area contributed by atoms with Crippen molar-refractivity contribution in [3.8, 4) is 0 Å². The quantitative estimate of drug-likeness (QED) is 0.513. The molecule has 1 aromatic rings. The standard InChI is InChI=1S/C20H28F3NO3/c1-2-3-4-5-6-7-8-15-9-11-16(12-10-15)13-14-17(18(25)26)24-19(27)20(21,22)23/h9-12,17H,2-8,13-14H2,1H3,(H,24,27)(H,25,26)/t17-/m1/s1. The molecule has 2 N–H and O–H groups in total. The number of aryl methyl sites for hydroxylation is 2. The third kappa shape index (κ3) is 9.45. The maximum Gasteiger partial charge on any atom is 0.471 e. The van der Waals surface area contributed by atoms with Crippen LogP contribution in [0.1, 0.15) is 63.0 Å². The first-order valence-corrected chi connectivity index (χ1v) is 9.42. The molecule has 4 nitrogen and oxygen atoms in total. The zero-order chi connectivity index (χ0) is 20.3. The summed E-state index contributed by atoms with van der Waals surface area (Å²) in [7, 11) is 0. The lowest BCUT2D eigenvalue weighted by Crippen LogP contribution is -2.47. The Hall–Kier alpha value is -2.05. The average Bonchev–Trinajstić information content (AvgIpc) is 2.61. The van der Waals surface area contributed by atoms with E-state index in [4.69, 9.17) is 5.11 Å². The SMILES string of the molecule is CCCCCCCCc1ccc(CC[C@@H](NC(=O)C(F)(F)F)C(=O)O)cc1. The van der Waals surface area contributed by atoms with E-state index in [1.807, 2.05) is 24.3 Å². The number of nitrogens with one attached hydrogen (secondary N) is 1. The van der Waals surface area contributed by atoms with Crippen LogP contribution in [0.4, 0.5) is 13.2 Å². The van der Waals surface area contributed by atoms with Gasteiger partial charge < -0.3 is 10.4 Å². The molecule has 152 valence electrons. The van der Waals surface area contributed by atoms with E-state index in [-0.39, 0.29) is 12.8 Å². The molecule has 0 saturated carbocycles. The van der Waals surface area contributed by atoms with Crippen molar-refractivity contribution in [3.05, 3.63) is 35.4 Å². The monoisotopic (exact) mass is 387 g/mol. The van der Waals surface area contributed by atoms with E-state index in [9.17, 15) is 22.8 Å². The molecule has 0 unspecified atom stereocenters. The number of amides is 1. The summed E-state index contributed by atoms with van der Waals surface area (Å²) in [6.07, 6.45) is 3.38. The molecule has 0 bridgehead atoms. The molecule has 0 saturated heterocycles. The third-order valence-electron chi connectivity index (χ3n) is 4.42. The van der Waals surface area contributed by atoms with Crippen LogP contribution >= 0.6 is 0 Å². The highest BCUT2D eigenvalue weighted by Crippen LogP contribution is 2.16. The van der Waals surface area contributed by atoms with Gasteiger partial charge in [0.1, 0.15) is 6.04 Å². The second-order valence-electron chi connectivity index (χ2n) is 6.73. The van der Waals surface area contributed by atoms with E-state index in [2.05, 4.69) is 6.92 Å². The summed E-state index contributed by atoms with van der Waals surface area (Å²) < 4.78 is 36.8. The summed E-state index contributed by atoms with van der Waals surface area (Å²) >= 11 is 0. The fourth-order valence-corrected chi connectivity index (χ4v) is 2.79. The van der Waals surface area contributed by atoms with E-state index in [1.165, 1.54) is 43.0 Å². The summed E-state index contributed by atoms with van der Waals surface area (Å²) in [6, 6.07) is 6.08. The first kappa shape index (κ1) is 23.0. The van der Waals surface area contributed by atoms with Gasteiger partial charge in [-0.15, -0.1) is 0 Å². The molecule has 0 fully saturated rings. The highest BCUT2D eigenvalue weighted by atomic mass is 19.4. The molecule has 0 aromatic heterocycles. The van der Waals surface area contributed by atoms with E-state index < -0.39 is 24.1 Å². The van der Waals surface area contributed by atoms with Gasteiger partial charge in [0.25, 0.3) is 0 Å². The molecular formula is C20H28F3NO3. The van der Waals surface area contributed by atoms with Gasteiger partial charge in [-0.05, 0) is 36.8 Å². The van der Waals surface area contributed by atoms with E-state index in [0.717, 1.165) is 18.4 Å². The lowest BCUT2D eigenvalue weighted by atomic mass is 10.0. The first-order valence-electron chi connectivity index (χ1n) is 9.42. The van der Waals surface area contributed by atoms with Crippen LogP contribution in [0.15, 0.2) is 24.3 Å². The van der Waals surface area contributed by atoms with Gasteiger partial charge in [-0.2, -0.15) is 13.2 Å². The lowest BCUT2D eigenvalue weighted by Gasteiger charge is -2.15. The summed E-state index contributed by atoms with van der Waals surface area (Å²) in [6.45, 7) is 2.18. The number of carbonyl (C=O) groups is 2. The number of hydrogen-bond acceptors (Lipinski definition) is 2. The van der Waals surface area contributed by atoms with Crippen LogP contribution in [-0.4, -0.2) is 29.2 Å². The number of carboxylic acids is 1. The Morgan fingerprint density at radius 1 is 0.963 bits per heavy atom. The summed E-state index contributed by atoms with van der Waals surface area (Å²) in [5.41, 5.74) is 2.02. The number of hydrogen-bond donors (Lipinski definition) is 2. The molecule has 1 rings (SSSR count). The first-order chi connectivity index (χ1) is 12.7. The largest absolute Gasteiger partial charge is 0.480 e. The van der Waals surface area contributed by atoms with Gasteiger partial charge in [0.05, 0.1) is 0 Å². The fraction of sp³-hybridized carbons (Fsp3) is 0.600. The van der Waals surface area contributed by atoms with Crippen molar-refractivity contribution in [2.24, 2.45) is 0 Å². The molecule has 0 spiro atoms. The average molecular weight is 387 g/mol.